The first-order valence-corrected chi connectivity index (χ1v) is 7.75. The Bertz CT molecular complexity index is 600. The number of ether oxygens (including phenoxy) is 2. The minimum absolute atomic E-state index is 0.0667. The second kappa shape index (κ2) is 5.40. The number of aryl methyl sites for hydroxylation is 1. The van der Waals surface area contributed by atoms with Crippen LogP contribution in [0.2, 0.25) is 0 Å². The van der Waals surface area contributed by atoms with Crippen molar-refractivity contribution in [3.05, 3.63) is 29.6 Å². The third-order valence-electron chi connectivity index (χ3n) is 2.99. The fourth-order valence-corrected chi connectivity index (χ4v) is 3.35. The molecule has 0 aromatic heterocycles. The van der Waals surface area contributed by atoms with E-state index in [2.05, 4.69) is 4.72 Å². The topological polar surface area (TPSA) is 64.6 Å². The molecule has 1 heterocycles. The van der Waals surface area contributed by atoms with E-state index in [0.29, 0.717) is 12.2 Å². The summed E-state index contributed by atoms with van der Waals surface area (Å²) in [7, 11) is -3.68. The molecule has 7 heteroatoms. The quantitative estimate of drug-likeness (QED) is 0.917. The van der Waals surface area contributed by atoms with Crippen LogP contribution in [0.25, 0.3) is 0 Å². The standard InChI is InChI=1S/C13H18FNO4S/c1-9-6-10(14)4-5-12(9)20(16,17)15-7-11-8-18-13(2,3)19-11/h4-6,11,15H,7-8H2,1-3H3. The van der Waals surface area contributed by atoms with Gasteiger partial charge in [-0.3, -0.25) is 0 Å². The fraction of sp³-hybridized carbons (Fsp3) is 0.538. The van der Waals surface area contributed by atoms with E-state index in [1.807, 2.05) is 0 Å². The molecule has 0 spiro atoms. The maximum atomic E-state index is 13.0. The van der Waals surface area contributed by atoms with Gasteiger partial charge in [0.2, 0.25) is 10.0 Å². The first kappa shape index (κ1) is 15.4. The van der Waals surface area contributed by atoms with Gasteiger partial charge in [-0.1, -0.05) is 0 Å². The molecule has 1 unspecified atom stereocenters. The molecule has 20 heavy (non-hydrogen) atoms. The van der Waals surface area contributed by atoms with Crippen molar-refractivity contribution in [1.29, 1.82) is 0 Å². The normalized spacial score (nSPS) is 22.1. The van der Waals surface area contributed by atoms with Crippen molar-refractivity contribution in [3.8, 4) is 0 Å². The molecule has 112 valence electrons. The van der Waals surface area contributed by atoms with Gasteiger partial charge in [0.25, 0.3) is 0 Å². The highest BCUT2D eigenvalue weighted by Crippen LogP contribution is 2.22. The summed E-state index contributed by atoms with van der Waals surface area (Å²) < 4.78 is 50.6. The monoisotopic (exact) mass is 303 g/mol. The lowest BCUT2D eigenvalue weighted by Gasteiger charge is -2.17. The Morgan fingerprint density at radius 3 is 2.70 bits per heavy atom. The lowest BCUT2D eigenvalue weighted by Crippen LogP contribution is -2.34. The summed E-state index contributed by atoms with van der Waals surface area (Å²) in [5.74, 6) is -1.15. The maximum Gasteiger partial charge on any atom is 0.240 e. The number of halogens is 1. The highest BCUT2D eigenvalue weighted by molar-refractivity contribution is 7.89. The van der Waals surface area contributed by atoms with Crippen LogP contribution in [0.3, 0.4) is 0 Å². The van der Waals surface area contributed by atoms with Crippen LogP contribution in [0.1, 0.15) is 19.4 Å². The third kappa shape index (κ3) is 3.54. The molecule has 1 fully saturated rings. The Morgan fingerprint density at radius 2 is 2.15 bits per heavy atom. The van der Waals surface area contributed by atoms with Gasteiger partial charge in [0, 0.05) is 6.54 Å². The zero-order valence-electron chi connectivity index (χ0n) is 11.6. The summed E-state index contributed by atoms with van der Waals surface area (Å²) in [6.45, 7) is 5.54. The van der Waals surface area contributed by atoms with Crippen molar-refractivity contribution in [2.24, 2.45) is 0 Å². The third-order valence-corrected chi connectivity index (χ3v) is 4.58. The summed E-state index contributed by atoms with van der Waals surface area (Å²) in [5, 5.41) is 0. The smallest absolute Gasteiger partial charge is 0.240 e. The van der Waals surface area contributed by atoms with E-state index in [9.17, 15) is 12.8 Å². The van der Waals surface area contributed by atoms with E-state index < -0.39 is 21.6 Å². The van der Waals surface area contributed by atoms with Gasteiger partial charge in [0.15, 0.2) is 5.79 Å². The largest absolute Gasteiger partial charge is 0.348 e. The van der Waals surface area contributed by atoms with Gasteiger partial charge in [0.05, 0.1) is 17.6 Å². The van der Waals surface area contributed by atoms with Crippen LogP contribution in [0.4, 0.5) is 4.39 Å². The van der Waals surface area contributed by atoms with Crippen molar-refractivity contribution in [2.45, 2.75) is 37.6 Å². The van der Waals surface area contributed by atoms with Crippen LogP contribution in [0.5, 0.6) is 0 Å². The van der Waals surface area contributed by atoms with Gasteiger partial charge in [-0.15, -0.1) is 0 Å². The number of rotatable bonds is 4. The van der Waals surface area contributed by atoms with Gasteiger partial charge >= 0.3 is 0 Å². The Labute approximate surface area is 118 Å². The van der Waals surface area contributed by atoms with Gasteiger partial charge in [0.1, 0.15) is 5.82 Å². The number of nitrogens with one attached hydrogen (secondary N) is 1. The summed E-state index contributed by atoms with van der Waals surface area (Å²) >= 11 is 0. The Balaban J connectivity index is 2.05. The molecule has 0 radical (unpaired) electrons. The van der Waals surface area contributed by atoms with Gasteiger partial charge in [-0.05, 0) is 44.5 Å². The zero-order chi connectivity index (χ0) is 15.0. The molecule has 1 aromatic rings. The molecule has 0 saturated carbocycles. The highest BCUT2D eigenvalue weighted by Gasteiger charge is 2.33. The Morgan fingerprint density at radius 1 is 1.45 bits per heavy atom. The van der Waals surface area contributed by atoms with E-state index in [1.54, 1.807) is 20.8 Å². The molecule has 0 bridgehead atoms. The van der Waals surface area contributed by atoms with Crippen molar-refractivity contribution in [3.63, 3.8) is 0 Å². The molecule has 1 atom stereocenters. The molecular weight excluding hydrogens is 285 g/mol. The van der Waals surface area contributed by atoms with Gasteiger partial charge < -0.3 is 9.47 Å². The van der Waals surface area contributed by atoms with E-state index in [4.69, 9.17) is 9.47 Å². The van der Waals surface area contributed by atoms with E-state index in [0.717, 1.165) is 6.07 Å². The lowest BCUT2D eigenvalue weighted by atomic mass is 10.2. The molecule has 1 aliphatic heterocycles. The lowest BCUT2D eigenvalue weighted by molar-refractivity contribution is -0.137. The molecule has 1 N–H and O–H groups in total. The second-order valence-corrected chi connectivity index (χ2v) is 6.95. The first-order valence-electron chi connectivity index (χ1n) is 6.27. The number of hydrogen-bond donors (Lipinski definition) is 1. The van der Waals surface area contributed by atoms with Crippen molar-refractivity contribution in [1.82, 2.24) is 4.72 Å². The van der Waals surface area contributed by atoms with Crippen LogP contribution < -0.4 is 4.72 Å². The van der Waals surface area contributed by atoms with Gasteiger partial charge in [-0.2, -0.15) is 0 Å². The number of hydrogen-bond acceptors (Lipinski definition) is 4. The summed E-state index contributed by atoms with van der Waals surface area (Å²) in [5.41, 5.74) is 0.362. The SMILES string of the molecule is Cc1cc(F)ccc1S(=O)(=O)NCC1COC(C)(C)O1. The molecule has 0 aliphatic carbocycles. The first-order chi connectivity index (χ1) is 9.20. The van der Waals surface area contributed by atoms with Crippen LogP contribution in [-0.4, -0.2) is 33.5 Å². The highest BCUT2D eigenvalue weighted by atomic mass is 32.2. The van der Waals surface area contributed by atoms with Crippen molar-refractivity contribution >= 4 is 10.0 Å². The van der Waals surface area contributed by atoms with Crippen LogP contribution in [0, 0.1) is 12.7 Å². The Hall–Kier alpha value is -1.02. The average molecular weight is 303 g/mol. The minimum atomic E-state index is -3.68. The average Bonchev–Trinajstić information content (AvgIpc) is 2.66. The van der Waals surface area contributed by atoms with Gasteiger partial charge in [-0.25, -0.2) is 17.5 Å². The van der Waals surface area contributed by atoms with Crippen LogP contribution in [0.15, 0.2) is 23.1 Å². The number of sulfonamides is 1. The van der Waals surface area contributed by atoms with Crippen molar-refractivity contribution < 1.29 is 22.3 Å². The summed E-state index contributed by atoms with van der Waals surface area (Å²) in [6.07, 6.45) is -0.333. The predicted molar refractivity (Wildman–Crippen MR) is 71.2 cm³/mol. The molecule has 2 rings (SSSR count). The molecule has 1 aromatic carbocycles. The van der Waals surface area contributed by atoms with Crippen LogP contribution in [-0.2, 0) is 19.5 Å². The zero-order valence-corrected chi connectivity index (χ0v) is 12.5. The molecule has 1 saturated heterocycles. The fourth-order valence-electron chi connectivity index (χ4n) is 2.06. The maximum absolute atomic E-state index is 13.0. The second-order valence-electron chi connectivity index (χ2n) is 5.21. The van der Waals surface area contributed by atoms with Crippen molar-refractivity contribution in [2.75, 3.05) is 13.2 Å². The summed E-state index contributed by atoms with van der Waals surface area (Å²) in [6, 6.07) is 3.57. The Kier molecular flexibility index (Phi) is 4.15. The molecule has 5 nitrogen and oxygen atoms in total. The van der Waals surface area contributed by atoms with Crippen LogP contribution >= 0.6 is 0 Å². The molecule has 0 amide bonds. The summed E-state index contributed by atoms with van der Waals surface area (Å²) in [4.78, 5) is 0.0667. The molecule has 1 aliphatic rings. The molecular formula is C13H18FNO4S. The van der Waals surface area contributed by atoms with E-state index in [-0.39, 0.29) is 17.5 Å². The predicted octanol–water partition coefficient (Wildman–Crippen LogP) is 1.56. The minimum Gasteiger partial charge on any atom is -0.348 e. The van der Waals surface area contributed by atoms with E-state index in [1.165, 1.54) is 12.1 Å². The number of benzene rings is 1. The van der Waals surface area contributed by atoms with E-state index >= 15 is 0 Å².